The summed E-state index contributed by atoms with van der Waals surface area (Å²) in [5.41, 5.74) is 3.48. The molecule has 2 aromatic heterocycles. The summed E-state index contributed by atoms with van der Waals surface area (Å²) in [6.45, 7) is 2.61. The van der Waals surface area contributed by atoms with Crippen LogP contribution in [0.1, 0.15) is 25.0 Å². The first-order valence-electron chi connectivity index (χ1n) is 9.39. The molecule has 2 saturated heterocycles. The number of pyridine rings is 1. The average molecular weight is 349 g/mol. The SMILES string of the molecule is c1cc(CC2CC3(CCOCC3)CO2)nc(-n2cnc3ccccc32)c1. The molecule has 1 atom stereocenters. The van der Waals surface area contributed by atoms with Crippen LogP contribution in [-0.4, -0.2) is 40.5 Å². The van der Waals surface area contributed by atoms with Gasteiger partial charge in [-0.15, -0.1) is 0 Å². The van der Waals surface area contributed by atoms with Crippen molar-refractivity contribution in [1.82, 2.24) is 14.5 Å². The van der Waals surface area contributed by atoms with Crippen molar-refractivity contribution in [2.24, 2.45) is 5.41 Å². The van der Waals surface area contributed by atoms with Crippen molar-refractivity contribution in [1.29, 1.82) is 0 Å². The Labute approximate surface area is 153 Å². The van der Waals surface area contributed by atoms with Crippen molar-refractivity contribution in [2.45, 2.75) is 31.8 Å². The molecular weight excluding hydrogens is 326 g/mol. The van der Waals surface area contributed by atoms with E-state index in [1.54, 1.807) is 0 Å². The Kier molecular flexibility index (Phi) is 3.98. The zero-order valence-corrected chi connectivity index (χ0v) is 14.8. The van der Waals surface area contributed by atoms with Gasteiger partial charge in [-0.2, -0.15) is 0 Å². The maximum atomic E-state index is 6.14. The standard InChI is InChI=1S/C21H23N3O2/c1-2-6-19-18(5-1)22-15-24(19)20-7-3-4-16(23-20)12-17-13-21(14-26-17)8-10-25-11-9-21/h1-7,15,17H,8-14H2. The number of hydrogen-bond acceptors (Lipinski definition) is 4. The molecule has 5 heteroatoms. The molecule has 26 heavy (non-hydrogen) atoms. The molecule has 0 radical (unpaired) electrons. The van der Waals surface area contributed by atoms with Gasteiger partial charge >= 0.3 is 0 Å². The minimum Gasteiger partial charge on any atom is -0.381 e. The number of fused-ring (bicyclic) bond motifs is 1. The van der Waals surface area contributed by atoms with Crippen molar-refractivity contribution < 1.29 is 9.47 Å². The topological polar surface area (TPSA) is 49.2 Å². The minimum atomic E-state index is 0.260. The Hall–Kier alpha value is -2.24. The van der Waals surface area contributed by atoms with E-state index in [0.29, 0.717) is 5.41 Å². The first kappa shape index (κ1) is 16.0. The van der Waals surface area contributed by atoms with Crippen LogP contribution in [-0.2, 0) is 15.9 Å². The molecule has 4 heterocycles. The van der Waals surface area contributed by atoms with Crippen LogP contribution in [0.4, 0.5) is 0 Å². The summed E-state index contributed by atoms with van der Waals surface area (Å²) in [6.07, 6.45) is 6.34. The number of benzene rings is 1. The molecule has 0 N–H and O–H groups in total. The van der Waals surface area contributed by atoms with Crippen molar-refractivity contribution >= 4 is 11.0 Å². The molecule has 0 aliphatic carbocycles. The molecule has 2 aliphatic heterocycles. The highest BCUT2D eigenvalue weighted by Gasteiger charge is 2.41. The van der Waals surface area contributed by atoms with Crippen LogP contribution in [0.3, 0.4) is 0 Å². The average Bonchev–Trinajstić information content (AvgIpc) is 3.27. The van der Waals surface area contributed by atoms with E-state index in [-0.39, 0.29) is 6.10 Å². The molecule has 1 spiro atoms. The molecule has 0 amide bonds. The zero-order valence-electron chi connectivity index (χ0n) is 14.8. The fourth-order valence-electron chi connectivity index (χ4n) is 4.27. The third-order valence-electron chi connectivity index (χ3n) is 5.77. The Morgan fingerprint density at radius 3 is 2.88 bits per heavy atom. The van der Waals surface area contributed by atoms with Crippen molar-refractivity contribution in [3.8, 4) is 5.82 Å². The highest BCUT2D eigenvalue weighted by molar-refractivity contribution is 5.76. The fraction of sp³-hybridized carbons (Fsp3) is 0.429. The van der Waals surface area contributed by atoms with Crippen LogP contribution in [0, 0.1) is 5.41 Å². The molecule has 5 rings (SSSR count). The monoisotopic (exact) mass is 349 g/mol. The van der Waals surface area contributed by atoms with E-state index in [1.165, 1.54) is 0 Å². The minimum absolute atomic E-state index is 0.260. The Bertz CT molecular complexity index is 914. The summed E-state index contributed by atoms with van der Waals surface area (Å²) in [5, 5.41) is 0. The van der Waals surface area contributed by atoms with Crippen LogP contribution in [0.15, 0.2) is 48.8 Å². The quantitative estimate of drug-likeness (QED) is 0.726. The van der Waals surface area contributed by atoms with Crippen LogP contribution in [0.5, 0.6) is 0 Å². The van der Waals surface area contributed by atoms with Crippen LogP contribution in [0.25, 0.3) is 16.9 Å². The number of rotatable bonds is 3. The first-order valence-corrected chi connectivity index (χ1v) is 9.39. The lowest BCUT2D eigenvalue weighted by molar-refractivity contribution is 0.00696. The van der Waals surface area contributed by atoms with E-state index in [0.717, 1.165) is 68.0 Å². The van der Waals surface area contributed by atoms with Crippen LogP contribution < -0.4 is 0 Å². The number of nitrogens with zero attached hydrogens (tertiary/aromatic N) is 3. The predicted molar refractivity (Wildman–Crippen MR) is 99.4 cm³/mol. The first-order chi connectivity index (χ1) is 12.8. The normalized spacial score (nSPS) is 22.2. The van der Waals surface area contributed by atoms with Gasteiger partial charge in [0.25, 0.3) is 0 Å². The van der Waals surface area contributed by atoms with Gasteiger partial charge in [0.1, 0.15) is 12.1 Å². The second-order valence-electron chi connectivity index (χ2n) is 7.54. The number of para-hydroxylation sites is 2. The van der Waals surface area contributed by atoms with Crippen molar-refractivity contribution in [3.63, 3.8) is 0 Å². The van der Waals surface area contributed by atoms with Crippen molar-refractivity contribution in [2.75, 3.05) is 19.8 Å². The van der Waals surface area contributed by atoms with Gasteiger partial charge in [-0.25, -0.2) is 9.97 Å². The van der Waals surface area contributed by atoms with Gasteiger partial charge in [-0.05, 0) is 43.5 Å². The number of hydrogen-bond donors (Lipinski definition) is 0. The molecule has 1 unspecified atom stereocenters. The Morgan fingerprint density at radius 1 is 1.08 bits per heavy atom. The van der Waals surface area contributed by atoms with Crippen LogP contribution >= 0.6 is 0 Å². The third-order valence-corrected chi connectivity index (χ3v) is 5.77. The number of ether oxygens (including phenoxy) is 2. The Morgan fingerprint density at radius 2 is 1.96 bits per heavy atom. The van der Waals surface area contributed by atoms with Crippen LogP contribution in [0.2, 0.25) is 0 Å². The molecule has 0 bridgehead atoms. The molecule has 1 aromatic carbocycles. The Balaban J connectivity index is 1.36. The number of aromatic nitrogens is 3. The van der Waals surface area contributed by atoms with E-state index in [4.69, 9.17) is 14.5 Å². The summed E-state index contributed by atoms with van der Waals surface area (Å²) in [6, 6.07) is 14.3. The maximum absolute atomic E-state index is 6.14. The van der Waals surface area contributed by atoms with E-state index < -0.39 is 0 Å². The zero-order chi connectivity index (χ0) is 17.4. The lowest BCUT2D eigenvalue weighted by Gasteiger charge is -2.31. The summed E-state index contributed by atoms with van der Waals surface area (Å²) >= 11 is 0. The van der Waals surface area contributed by atoms with E-state index >= 15 is 0 Å². The molecule has 5 nitrogen and oxygen atoms in total. The predicted octanol–water partition coefficient (Wildman–Crippen LogP) is 3.55. The van der Waals surface area contributed by atoms with E-state index in [9.17, 15) is 0 Å². The van der Waals surface area contributed by atoms with Gasteiger partial charge in [-0.1, -0.05) is 18.2 Å². The van der Waals surface area contributed by atoms with E-state index in [2.05, 4.69) is 23.2 Å². The highest BCUT2D eigenvalue weighted by Crippen LogP contribution is 2.42. The third kappa shape index (κ3) is 2.91. The van der Waals surface area contributed by atoms with Gasteiger partial charge in [0.15, 0.2) is 0 Å². The van der Waals surface area contributed by atoms with Crippen molar-refractivity contribution in [3.05, 3.63) is 54.5 Å². The highest BCUT2D eigenvalue weighted by atomic mass is 16.5. The molecule has 3 aromatic rings. The van der Waals surface area contributed by atoms with Gasteiger partial charge in [0.05, 0.1) is 23.7 Å². The lowest BCUT2D eigenvalue weighted by Crippen LogP contribution is -2.30. The second-order valence-corrected chi connectivity index (χ2v) is 7.54. The summed E-state index contributed by atoms with van der Waals surface area (Å²) in [7, 11) is 0. The lowest BCUT2D eigenvalue weighted by atomic mass is 9.78. The van der Waals surface area contributed by atoms with Gasteiger partial charge in [0, 0.05) is 30.7 Å². The number of imidazole rings is 1. The summed E-state index contributed by atoms with van der Waals surface area (Å²) in [5.74, 6) is 0.912. The smallest absolute Gasteiger partial charge is 0.138 e. The molecular formula is C21H23N3O2. The fourth-order valence-corrected chi connectivity index (χ4v) is 4.27. The van der Waals surface area contributed by atoms with Gasteiger partial charge < -0.3 is 9.47 Å². The van der Waals surface area contributed by atoms with Gasteiger partial charge in [-0.3, -0.25) is 4.57 Å². The van der Waals surface area contributed by atoms with E-state index in [1.807, 2.05) is 35.2 Å². The molecule has 0 saturated carbocycles. The second kappa shape index (κ2) is 6.49. The molecule has 134 valence electrons. The maximum Gasteiger partial charge on any atom is 0.138 e. The summed E-state index contributed by atoms with van der Waals surface area (Å²) in [4.78, 5) is 9.35. The van der Waals surface area contributed by atoms with Gasteiger partial charge in [0.2, 0.25) is 0 Å². The molecule has 2 aliphatic rings. The summed E-state index contributed by atoms with van der Waals surface area (Å²) < 4.78 is 13.7. The molecule has 2 fully saturated rings. The largest absolute Gasteiger partial charge is 0.381 e.